The van der Waals surface area contributed by atoms with E-state index in [9.17, 15) is 4.79 Å². The fourth-order valence-corrected chi connectivity index (χ4v) is 1.07. The van der Waals surface area contributed by atoms with Crippen LogP contribution in [0.15, 0.2) is 0 Å². The topological polar surface area (TPSA) is 49.3 Å². The third kappa shape index (κ3) is 5.38. The summed E-state index contributed by atoms with van der Waals surface area (Å²) in [6.07, 6.45) is 1.57. The van der Waals surface area contributed by atoms with Crippen LogP contribution in [0.3, 0.4) is 0 Å². The lowest BCUT2D eigenvalue weighted by Gasteiger charge is -2.17. The van der Waals surface area contributed by atoms with Crippen LogP contribution in [-0.4, -0.2) is 30.0 Å². The summed E-state index contributed by atoms with van der Waals surface area (Å²) in [7, 11) is 0. The van der Waals surface area contributed by atoms with Gasteiger partial charge in [0.05, 0.1) is 5.92 Å². The number of aliphatic carboxylic acids is 1. The van der Waals surface area contributed by atoms with E-state index in [1.54, 1.807) is 0 Å². The maximum Gasteiger partial charge on any atom is 0.306 e. The Morgan fingerprint density at radius 2 is 2.00 bits per heavy atom. The van der Waals surface area contributed by atoms with Crippen LogP contribution in [0.4, 0.5) is 0 Å². The van der Waals surface area contributed by atoms with Crippen molar-refractivity contribution in [3.05, 3.63) is 0 Å². The van der Waals surface area contributed by atoms with Gasteiger partial charge in [-0.25, -0.2) is 0 Å². The second-order valence-electron chi connectivity index (χ2n) is 2.63. The van der Waals surface area contributed by atoms with Gasteiger partial charge in [-0.1, -0.05) is 6.92 Å². The quantitative estimate of drug-likeness (QED) is 0.618. The van der Waals surface area contributed by atoms with E-state index >= 15 is 0 Å². The minimum absolute atomic E-state index is 0.0914. The van der Waals surface area contributed by atoms with Crippen molar-refractivity contribution in [2.75, 3.05) is 19.0 Å². The molecule has 1 saturated heterocycles. The average Bonchev–Trinajstić information content (AvgIpc) is 2.07. The molecule has 1 aliphatic rings. The van der Waals surface area contributed by atoms with Crippen LogP contribution in [0, 0.1) is 5.92 Å². The molecule has 0 aliphatic carbocycles. The zero-order chi connectivity index (χ0) is 9.40. The average molecular weight is 194 g/mol. The lowest BCUT2D eigenvalue weighted by atomic mass is 9.99. The largest absolute Gasteiger partial charge is 0.481 e. The Hall–Kier alpha value is -0.280. The van der Waals surface area contributed by atoms with Crippen molar-refractivity contribution >= 4 is 17.6 Å². The smallest absolute Gasteiger partial charge is 0.306 e. The molecule has 0 radical (unpaired) electrons. The molecule has 1 rings (SSSR count). The summed E-state index contributed by atoms with van der Waals surface area (Å²) in [4.78, 5) is 10.3. The third-order valence-electron chi connectivity index (χ3n) is 1.69. The first-order valence-electron chi connectivity index (χ1n) is 4.21. The monoisotopic (exact) mass is 193 g/mol. The molecule has 3 nitrogen and oxygen atoms in total. The maximum absolute atomic E-state index is 10.3. The lowest BCUT2D eigenvalue weighted by Crippen LogP contribution is -2.31. The highest BCUT2D eigenvalue weighted by Crippen LogP contribution is 2.10. The van der Waals surface area contributed by atoms with Gasteiger partial charge in [0.25, 0.3) is 0 Å². The fraction of sp³-hybridized carbons (Fsp3) is 0.875. The molecule has 2 N–H and O–H groups in total. The Labute approximate surface area is 78.1 Å². The van der Waals surface area contributed by atoms with Crippen LogP contribution in [0.2, 0.25) is 0 Å². The van der Waals surface area contributed by atoms with Gasteiger partial charge in [-0.15, -0.1) is 11.6 Å². The Balaban J connectivity index is 0.000000354. The highest BCUT2D eigenvalue weighted by molar-refractivity contribution is 6.17. The first-order chi connectivity index (χ1) is 5.72. The van der Waals surface area contributed by atoms with E-state index in [2.05, 4.69) is 5.32 Å². The normalized spacial score (nSPS) is 17.8. The van der Waals surface area contributed by atoms with Crippen LogP contribution in [-0.2, 0) is 4.79 Å². The van der Waals surface area contributed by atoms with Crippen molar-refractivity contribution in [3.8, 4) is 0 Å². The van der Waals surface area contributed by atoms with Crippen LogP contribution < -0.4 is 5.32 Å². The molecule has 1 aliphatic heterocycles. The predicted octanol–water partition coefficient (Wildman–Crippen LogP) is 1.32. The summed E-state index contributed by atoms with van der Waals surface area (Å²) in [6, 6.07) is 0. The van der Waals surface area contributed by atoms with Gasteiger partial charge in [-0.3, -0.25) is 4.79 Å². The second-order valence-corrected chi connectivity index (χ2v) is 3.16. The highest BCUT2D eigenvalue weighted by Gasteiger charge is 2.18. The zero-order valence-electron chi connectivity index (χ0n) is 7.35. The predicted molar refractivity (Wildman–Crippen MR) is 49.6 cm³/mol. The van der Waals surface area contributed by atoms with E-state index in [0.29, 0.717) is 0 Å². The van der Waals surface area contributed by atoms with Crippen molar-refractivity contribution in [1.82, 2.24) is 5.32 Å². The molecule has 1 heterocycles. The molecular formula is C8H16ClNO2. The van der Waals surface area contributed by atoms with Crippen molar-refractivity contribution in [3.63, 3.8) is 0 Å². The number of carboxylic acid groups (broad SMARTS) is 1. The number of carboxylic acids is 1. The summed E-state index contributed by atoms with van der Waals surface area (Å²) in [5.41, 5.74) is 0. The van der Waals surface area contributed by atoms with Gasteiger partial charge in [0.1, 0.15) is 0 Å². The standard InChI is InChI=1S/C6H11NO2.C2H5Cl/c8-6(9)5-1-3-7-4-2-5;1-2-3/h5,7H,1-4H2,(H,8,9);2H2,1H3. The molecule has 0 bridgehead atoms. The molecule has 12 heavy (non-hydrogen) atoms. The SMILES string of the molecule is CCCl.O=C(O)C1CCNCC1. The van der Waals surface area contributed by atoms with E-state index in [-0.39, 0.29) is 5.92 Å². The van der Waals surface area contributed by atoms with Crippen molar-refractivity contribution in [2.24, 2.45) is 5.92 Å². The lowest BCUT2D eigenvalue weighted by molar-refractivity contribution is -0.142. The van der Waals surface area contributed by atoms with Crippen molar-refractivity contribution in [2.45, 2.75) is 19.8 Å². The molecule has 1 fully saturated rings. The van der Waals surface area contributed by atoms with Crippen LogP contribution in [0.25, 0.3) is 0 Å². The molecule has 0 saturated carbocycles. The Kier molecular flexibility index (Phi) is 7.20. The molecule has 72 valence electrons. The number of nitrogens with one attached hydrogen (secondary N) is 1. The summed E-state index contributed by atoms with van der Waals surface area (Å²) in [5.74, 6) is -0.0113. The van der Waals surface area contributed by atoms with Crippen LogP contribution >= 0.6 is 11.6 Å². The number of alkyl halides is 1. The minimum Gasteiger partial charge on any atom is -0.481 e. The van der Waals surface area contributed by atoms with Gasteiger partial charge in [-0.05, 0) is 25.9 Å². The van der Waals surface area contributed by atoms with Crippen LogP contribution in [0.5, 0.6) is 0 Å². The third-order valence-corrected chi connectivity index (χ3v) is 1.69. The molecule has 0 amide bonds. The number of halogens is 1. The van der Waals surface area contributed by atoms with Crippen LogP contribution in [0.1, 0.15) is 19.8 Å². The minimum atomic E-state index is -0.642. The number of hydrogen-bond donors (Lipinski definition) is 2. The van der Waals surface area contributed by atoms with E-state index in [1.165, 1.54) is 0 Å². The fourth-order valence-electron chi connectivity index (χ4n) is 1.07. The zero-order valence-corrected chi connectivity index (χ0v) is 8.10. The van der Waals surface area contributed by atoms with Crippen molar-refractivity contribution in [1.29, 1.82) is 0 Å². The van der Waals surface area contributed by atoms with Gasteiger partial charge in [0.15, 0.2) is 0 Å². The summed E-state index contributed by atoms with van der Waals surface area (Å²) >= 11 is 5.00. The molecule has 0 spiro atoms. The highest BCUT2D eigenvalue weighted by atomic mass is 35.5. The Morgan fingerprint density at radius 1 is 1.58 bits per heavy atom. The molecule has 0 aromatic heterocycles. The number of hydrogen-bond acceptors (Lipinski definition) is 2. The molecule has 0 unspecified atom stereocenters. The van der Waals surface area contributed by atoms with Gasteiger partial charge in [0, 0.05) is 5.88 Å². The number of carbonyl (C=O) groups is 1. The maximum atomic E-state index is 10.3. The summed E-state index contributed by atoms with van der Waals surface area (Å²) in [5, 5.41) is 11.6. The van der Waals surface area contributed by atoms with E-state index in [1.807, 2.05) is 6.92 Å². The summed E-state index contributed by atoms with van der Waals surface area (Å²) < 4.78 is 0. The van der Waals surface area contributed by atoms with E-state index < -0.39 is 5.97 Å². The second kappa shape index (κ2) is 7.37. The first kappa shape index (κ1) is 11.7. The molecule has 0 atom stereocenters. The molecular weight excluding hydrogens is 178 g/mol. The summed E-state index contributed by atoms with van der Waals surface area (Å²) in [6.45, 7) is 3.61. The van der Waals surface area contributed by atoms with Crippen molar-refractivity contribution < 1.29 is 9.90 Å². The van der Waals surface area contributed by atoms with E-state index in [0.717, 1.165) is 31.8 Å². The number of piperidine rings is 1. The number of rotatable bonds is 1. The van der Waals surface area contributed by atoms with Gasteiger partial charge in [-0.2, -0.15) is 0 Å². The molecule has 4 heteroatoms. The molecule has 0 aromatic rings. The van der Waals surface area contributed by atoms with E-state index in [4.69, 9.17) is 16.7 Å². The van der Waals surface area contributed by atoms with Gasteiger partial charge >= 0.3 is 5.97 Å². The van der Waals surface area contributed by atoms with Gasteiger partial charge in [0.2, 0.25) is 0 Å². The Bertz CT molecular complexity index is 124. The molecule has 0 aromatic carbocycles. The first-order valence-corrected chi connectivity index (χ1v) is 4.75. The van der Waals surface area contributed by atoms with Gasteiger partial charge < -0.3 is 10.4 Å². The Morgan fingerprint density at radius 3 is 2.25 bits per heavy atom.